The number of nitrogens with two attached hydrogens (primary N) is 1. The maximum Gasteiger partial charge on any atom is 0.123 e. The molecular formula is C16H26N2O2. The molecule has 0 unspecified atom stereocenters. The number of morpholine rings is 1. The maximum atomic E-state index is 6.11. The van der Waals surface area contributed by atoms with Crippen molar-refractivity contribution in [2.24, 2.45) is 5.73 Å². The van der Waals surface area contributed by atoms with E-state index in [0.717, 1.165) is 45.0 Å². The van der Waals surface area contributed by atoms with E-state index >= 15 is 0 Å². The van der Waals surface area contributed by atoms with Crippen LogP contribution in [0.25, 0.3) is 0 Å². The summed E-state index contributed by atoms with van der Waals surface area (Å²) in [5.74, 6) is 0.954. The fourth-order valence-corrected chi connectivity index (χ4v) is 2.59. The van der Waals surface area contributed by atoms with Crippen molar-refractivity contribution in [3.8, 4) is 5.75 Å². The predicted molar refractivity (Wildman–Crippen MR) is 81.1 cm³/mol. The van der Waals surface area contributed by atoms with Crippen molar-refractivity contribution < 1.29 is 9.47 Å². The second kappa shape index (κ2) is 6.57. The van der Waals surface area contributed by atoms with Crippen LogP contribution in [0, 0.1) is 0 Å². The number of ether oxygens (including phenoxy) is 2. The molecule has 1 fully saturated rings. The van der Waals surface area contributed by atoms with Gasteiger partial charge in [0.15, 0.2) is 0 Å². The zero-order chi connectivity index (χ0) is 14.6. The number of methoxy groups -OCH3 is 1. The van der Waals surface area contributed by atoms with Crippen molar-refractivity contribution >= 4 is 0 Å². The molecule has 0 amide bonds. The van der Waals surface area contributed by atoms with Crippen LogP contribution < -0.4 is 10.5 Å². The van der Waals surface area contributed by atoms with Gasteiger partial charge in [-0.3, -0.25) is 4.90 Å². The Balaban J connectivity index is 2.13. The summed E-state index contributed by atoms with van der Waals surface area (Å²) in [6, 6.07) is 6.38. The van der Waals surface area contributed by atoms with Gasteiger partial charge < -0.3 is 15.2 Å². The fraction of sp³-hybridized carbons (Fsp3) is 0.625. The van der Waals surface area contributed by atoms with Crippen LogP contribution in [-0.4, -0.2) is 43.9 Å². The summed E-state index contributed by atoms with van der Waals surface area (Å²) < 4.78 is 10.9. The molecule has 0 atom stereocenters. The van der Waals surface area contributed by atoms with Crippen molar-refractivity contribution in [1.82, 2.24) is 4.90 Å². The highest BCUT2D eigenvalue weighted by Crippen LogP contribution is 2.23. The molecule has 2 N–H and O–H groups in total. The molecule has 0 saturated carbocycles. The Bertz CT molecular complexity index is 435. The Kier molecular flexibility index (Phi) is 5.02. The molecule has 1 aromatic carbocycles. The number of hydrogen-bond donors (Lipinski definition) is 1. The molecule has 0 radical (unpaired) electrons. The van der Waals surface area contributed by atoms with E-state index in [0.29, 0.717) is 0 Å². The molecular weight excluding hydrogens is 252 g/mol. The summed E-state index contributed by atoms with van der Waals surface area (Å²) >= 11 is 0. The highest BCUT2D eigenvalue weighted by Gasteiger charge is 2.16. The number of nitrogens with zero attached hydrogens (tertiary/aromatic N) is 1. The number of hydrogen-bond acceptors (Lipinski definition) is 4. The third-order valence-corrected chi connectivity index (χ3v) is 3.50. The van der Waals surface area contributed by atoms with Gasteiger partial charge in [0.25, 0.3) is 0 Å². The van der Waals surface area contributed by atoms with Crippen LogP contribution in [-0.2, 0) is 17.7 Å². The third kappa shape index (κ3) is 4.47. The molecule has 1 aliphatic heterocycles. The molecule has 20 heavy (non-hydrogen) atoms. The molecule has 0 aromatic heterocycles. The smallest absolute Gasteiger partial charge is 0.123 e. The van der Waals surface area contributed by atoms with Gasteiger partial charge >= 0.3 is 0 Å². The van der Waals surface area contributed by atoms with Gasteiger partial charge in [0.1, 0.15) is 5.75 Å². The first kappa shape index (κ1) is 15.3. The average molecular weight is 278 g/mol. The first-order valence-corrected chi connectivity index (χ1v) is 7.23. The molecule has 4 nitrogen and oxygen atoms in total. The third-order valence-electron chi connectivity index (χ3n) is 3.50. The van der Waals surface area contributed by atoms with Gasteiger partial charge in [-0.1, -0.05) is 12.1 Å². The van der Waals surface area contributed by atoms with Gasteiger partial charge in [-0.25, -0.2) is 0 Å². The van der Waals surface area contributed by atoms with Gasteiger partial charge in [-0.15, -0.1) is 0 Å². The average Bonchev–Trinajstić information content (AvgIpc) is 2.38. The minimum atomic E-state index is -0.190. The lowest BCUT2D eigenvalue weighted by atomic mass is 9.95. The molecule has 1 aromatic rings. The largest absolute Gasteiger partial charge is 0.496 e. The SMILES string of the molecule is COc1ccc(CC(C)(C)N)cc1CN1CCOCC1. The van der Waals surface area contributed by atoms with E-state index in [-0.39, 0.29) is 5.54 Å². The first-order chi connectivity index (χ1) is 9.48. The normalized spacial score (nSPS) is 17.2. The summed E-state index contributed by atoms with van der Waals surface area (Å²) in [5.41, 5.74) is 8.42. The zero-order valence-corrected chi connectivity index (χ0v) is 12.8. The molecule has 0 aliphatic carbocycles. The van der Waals surface area contributed by atoms with Crippen molar-refractivity contribution in [1.29, 1.82) is 0 Å². The monoisotopic (exact) mass is 278 g/mol. The van der Waals surface area contributed by atoms with Crippen LogP contribution in [0.2, 0.25) is 0 Å². The van der Waals surface area contributed by atoms with Gasteiger partial charge in [0.2, 0.25) is 0 Å². The van der Waals surface area contributed by atoms with Crippen LogP contribution in [0.3, 0.4) is 0 Å². The molecule has 2 rings (SSSR count). The molecule has 0 bridgehead atoms. The summed E-state index contributed by atoms with van der Waals surface area (Å²) in [5, 5.41) is 0. The fourth-order valence-electron chi connectivity index (χ4n) is 2.59. The highest BCUT2D eigenvalue weighted by atomic mass is 16.5. The second-order valence-electron chi connectivity index (χ2n) is 6.20. The highest BCUT2D eigenvalue weighted by molar-refractivity contribution is 5.38. The summed E-state index contributed by atoms with van der Waals surface area (Å²) in [6.07, 6.45) is 0.868. The van der Waals surface area contributed by atoms with E-state index in [1.165, 1.54) is 11.1 Å². The van der Waals surface area contributed by atoms with Crippen LogP contribution in [0.4, 0.5) is 0 Å². The lowest BCUT2D eigenvalue weighted by Crippen LogP contribution is -2.36. The minimum absolute atomic E-state index is 0.190. The van der Waals surface area contributed by atoms with E-state index in [2.05, 4.69) is 36.9 Å². The molecule has 1 saturated heterocycles. The van der Waals surface area contributed by atoms with Gasteiger partial charge in [0, 0.05) is 30.7 Å². The summed E-state index contributed by atoms with van der Waals surface area (Å²) in [7, 11) is 1.73. The molecule has 112 valence electrons. The topological polar surface area (TPSA) is 47.7 Å². The van der Waals surface area contributed by atoms with Crippen LogP contribution >= 0.6 is 0 Å². The van der Waals surface area contributed by atoms with Gasteiger partial charge in [-0.2, -0.15) is 0 Å². The lowest BCUT2D eigenvalue weighted by Gasteiger charge is -2.27. The Morgan fingerprint density at radius 2 is 2.00 bits per heavy atom. The van der Waals surface area contributed by atoms with E-state index < -0.39 is 0 Å². The Morgan fingerprint density at radius 1 is 1.30 bits per heavy atom. The van der Waals surface area contributed by atoms with Crippen LogP contribution in [0.5, 0.6) is 5.75 Å². The van der Waals surface area contributed by atoms with Crippen molar-refractivity contribution in [3.63, 3.8) is 0 Å². The zero-order valence-electron chi connectivity index (χ0n) is 12.8. The minimum Gasteiger partial charge on any atom is -0.496 e. The summed E-state index contributed by atoms with van der Waals surface area (Å²) in [4.78, 5) is 2.40. The molecule has 0 spiro atoms. The van der Waals surface area contributed by atoms with Gasteiger partial charge in [-0.05, 0) is 31.9 Å². The van der Waals surface area contributed by atoms with E-state index in [9.17, 15) is 0 Å². The van der Waals surface area contributed by atoms with E-state index in [1.54, 1.807) is 7.11 Å². The van der Waals surface area contributed by atoms with Crippen LogP contribution in [0.1, 0.15) is 25.0 Å². The molecule has 1 heterocycles. The molecule has 1 aliphatic rings. The predicted octanol–water partition coefficient (Wildman–Crippen LogP) is 1.81. The van der Waals surface area contributed by atoms with Crippen LogP contribution in [0.15, 0.2) is 18.2 Å². The number of rotatable bonds is 5. The van der Waals surface area contributed by atoms with Crippen molar-refractivity contribution in [2.75, 3.05) is 33.4 Å². The number of benzene rings is 1. The van der Waals surface area contributed by atoms with Gasteiger partial charge in [0.05, 0.1) is 20.3 Å². The first-order valence-electron chi connectivity index (χ1n) is 7.23. The standard InChI is InChI=1S/C16H26N2O2/c1-16(2,17)11-13-4-5-15(19-3)14(10-13)12-18-6-8-20-9-7-18/h4-5,10H,6-9,11-12,17H2,1-3H3. The Hall–Kier alpha value is -1.10. The second-order valence-corrected chi connectivity index (χ2v) is 6.20. The Labute approximate surface area is 121 Å². The summed E-state index contributed by atoms with van der Waals surface area (Å²) in [6.45, 7) is 8.62. The maximum absolute atomic E-state index is 6.11. The van der Waals surface area contributed by atoms with E-state index in [4.69, 9.17) is 15.2 Å². The van der Waals surface area contributed by atoms with Crippen molar-refractivity contribution in [2.45, 2.75) is 32.4 Å². The quantitative estimate of drug-likeness (QED) is 0.892. The lowest BCUT2D eigenvalue weighted by molar-refractivity contribution is 0.0339. The Morgan fingerprint density at radius 3 is 2.60 bits per heavy atom. The molecule has 4 heteroatoms. The van der Waals surface area contributed by atoms with E-state index in [1.807, 2.05) is 0 Å². The van der Waals surface area contributed by atoms with Crippen molar-refractivity contribution in [3.05, 3.63) is 29.3 Å².